The van der Waals surface area contributed by atoms with Gasteiger partial charge in [-0.3, -0.25) is 4.79 Å². The van der Waals surface area contributed by atoms with Crippen molar-refractivity contribution in [2.45, 2.75) is 32.9 Å². The number of aromatic nitrogens is 1. The first-order chi connectivity index (χ1) is 12.2. The van der Waals surface area contributed by atoms with E-state index in [0.717, 1.165) is 36.0 Å². The molecular formula is C20H26N4O. The van der Waals surface area contributed by atoms with Crippen molar-refractivity contribution in [3.8, 4) is 0 Å². The van der Waals surface area contributed by atoms with E-state index >= 15 is 0 Å². The van der Waals surface area contributed by atoms with E-state index in [1.807, 2.05) is 30.5 Å². The Morgan fingerprint density at radius 1 is 1.16 bits per heavy atom. The van der Waals surface area contributed by atoms with Crippen molar-refractivity contribution >= 4 is 11.7 Å². The van der Waals surface area contributed by atoms with Crippen molar-refractivity contribution in [2.75, 3.05) is 18.0 Å². The minimum absolute atomic E-state index is 0.0855. The van der Waals surface area contributed by atoms with Crippen LogP contribution in [0.3, 0.4) is 0 Å². The van der Waals surface area contributed by atoms with E-state index in [9.17, 15) is 4.79 Å². The first-order valence-corrected chi connectivity index (χ1v) is 8.93. The molecule has 5 nitrogen and oxygen atoms in total. The molecule has 1 aromatic heterocycles. The van der Waals surface area contributed by atoms with Crippen LogP contribution in [0.4, 0.5) is 5.82 Å². The summed E-state index contributed by atoms with van der Waals surface area (Å²) in [6.45, 7) is 5.41. The van der Waals surface area contributed by atoms with Crippen LogP contribution in [0.1, 0.15) is 41.3 Å². The van der Waals surface area contributed by atoms with Gasteiger partial charge in [-0.05, 0) is 48.1 Å². The molecule has 1 aromatic carbocycles. The summed E-state index contributed by atoms with van der Waals surface area (Å²) in [6, 6.07) is 11.5. The molecule has 2 aromatic rings. The summed E-state index contributed by atoms with van der Waals surface area (Å²) >= 11 is 0. The number of pyridine rings is 1. The molecule has 0 bridgehead atoms. The Bertz CT molecular complexity index is 689. The molecule has 1 aliphatic rings. The molecule has 0 unspecified atom stereocenters. The Labute approximate surface area is 149 Å². The Kier molecular flexibility index (Phi) is 5.66. The largest absolute Gasteiger partial charge is 0.357 e. The lowest BCUT2D eigenvalue weighted by Crippen LogP contribution is -2.33. The van der Waals surface area contributed by atoms with E-state index in [0.29, 0.717) is 18.7 Å². The first kappa shape index (κ1) is 17.4. The molecule has 3 rings (SSSR count). The van der Waals surface area contributed by atoms with Crippen LogP contribution in [-0.4, -0.2) is 24.0 Å². The molecule has 132 valence electrons. The number of hydrogen-bond donors (Lipinski definition) is 2. The number of hydrogen-bond acceptors (Lipinski definition) is 4. The van der Waals surface area contributed by atoms with Crippen molar-refractivity contribution in [1.29, 1.82) is 0 Å². The predicted octanol–water partition coefficient (Wildman–Crippen LogP) is 2.71. The summed E-state index contributed by atoms with van der Waals surface area (Å²) < 4.78 is 0. The molecule has 1 saturated heterocycles. The molecule has 0 spiro atoms. The number of carbonyl (C=O) groups excluding carboxylic acids is 1. The second kappa shape index (κ2) is 8.12. The molecule has 1 aliphatic heterocycles. The average Bonchev–Trinajstić information content (AvgIpc) is 2.67. The lowest BCUT2D eigenvalue weighted by atomic mass is 9.99. The van der Waals surface area contributed by atoms with Gasteiger partial charge in [0.15, 0.2) is 0 Å². The van der Waals surface area contributed by atoms with Crippen LogP contribution >= 0.6 is 0 Å². The summed E-state index contributed by atoms with van der Waals surface area (Å²) in [6.07, 6.45) is 4.30. The standard InChI is InChI=1S/C20H26N4O/c1-15-8-10-24(11-9-15)19-7-4-17(13-22-19)14-23-20(25)18-5-2-16(12-21)3-6-18/h2-7,13,15H,8-12,14,21H2,1H3,(H,23,25). The quantitative estimate of drug-likeness (QED) is 0.879. The Hall–Kier alpha value is -2.40. The molecule has 2 heterocycles. The van der Waals surface area contributed by atoms with Gasteiger partial charge in [-0.2, -0.15) is 0 Å². The molecular weight excluding hydrogens is 312 g/mol. The van der Waals surface area contributed by atoms with Crippen LogP contribution in [0.25, 0.3) is 0 Å². The molecule has 1 fully saturated rings. The number of rotatable bonds is 5. The molecule has 0 aliphatic carbocycles. The zero-order valence-electron chi connectivity index (χ0n) is 14.7. The van der Waals surface area contributed by atoms with E-state index in [2.05, 4.69) is 22.1 Å². The third-order valence-corrected chi connectivity index (χ3v) is 4.82. The van der Waals surface area contributed by atoms with E-state index in [4.69, 9.17) is 5.73 Å². The number of nitrogens with one attached hydrogen (secondary N) is 1. The van der Waals surface area contributed by atoms with E-state index in [-0.39, 0.29) is 5.91 Å². The fraction of sp³-hybridized carbons (Fsp3) is 0.400. The predicted molar refractivity (Wildman–Crippen MR) is 100 cm³/mol. The van der Waals surface area contributed by atoms with Gasteiger partial charge in [0.1, 0.15) is 5.82 Å². The molecule has 0 saturated carbocycles. The first-order valence-electron chi connectivity index (χ1n) is 8.93. The van der Waals surface area contributed by atoms with Crippen molar-refractivity contribution in [2.24, 2.45) is 11.7 Å². The summed E-state index contributed by atoms with van der Waals surface area (Å²) in [7, 11) is 0. The second-order valence-electron chi connectivity index (χ2n) is 6.78. The van der Waals surface area contributed by atoms with Gasteiger partial charge in [-0.25, -0.2) is 4.98 Å². The number of benzene rings is 1. The number of nitrogens with two attached hydrogens (primary N) is 1. The van der Waals surface area contributed by atoms with Crippen LogP contribution < -0.4 is 16.0 Å². The number of anilines is 1. The fourth-order valence-electron chi connectivity index (χ4n) is 3.02. The molecule has 0 radical (unpaired) electrons. The van der Waals surface area contributed by atoms with Gasteiger partial charge in [0.05, 0.1) is 0 Å². The van der Waals surface area contributed by atoms with Crippen molar-refractivity contribution < 1.29 is 4.79 Å². The van der Waals surface area contributed by atoms with E-state index < -0.39 is 0 Å². The minimum atomic E-state index is -0.0855. The maximum atomic E-state index is 12.2. The smallest absolute Gasteiger partial charge is 0.251 e. The Balaban J connectivity index is 1.53. The van der Waals surface area contributed by atoms with Crippen LogP contribution in [0.15, 0.2) is 42.6 Å². The summed E-state index contributed by atoms with van der Waals surface area (Å²) in [4.78, 5) is 19.1. The summed E-state index contributed by atoms with van der Waals surface area (Å²) in [5.41, 5.74) is 8.23. The number of nitrogens with zero attached hydrogens (tertiary/aromatic N) is 2. The zero-order chi connectivity index (χ0) is 17.6. The number of carbonyl (C=O) groups is 1. The van der Waals surface area contributed by atoms with Crippen molar-refractivity contribution in [1.82, 2.24) is 10.3 Å². The normalized spacial score (nSPS) is 15.2. The highest BCUT2D eigenvalue weighted by Gasteiger charge is 2.16. The monoisotopic (exact) mass is 338 g/mol. The molecule has 0 atom stereocenters. The Morgan fingerprint density at radius 3 is 2.44 bits per heavy atom. The SMILES string of the molecule is CC1CCN(c2ccc(CNC(=O)c3ccc(CN)cc3)cn2)CC1. The lowest BCUT2D eigenvalue weighted by molar-refractivity contribution is 0.0951. The molecule has 5 heteroatoms. The van der Waals surface area contributed by atoms with Crippen LogP contribution in [0, 0.1) is 5.92 Å². The van der Waals surface area contributed by atoms with Gasteiger partial charge in [-0.15, -0.1) is 0 Å². The van der Waals surface area contributed by atoms with Gasteiger partial charge in [0, 0.05) is 37.9 Å². The average molecular weight is 338 g/mol. The van der Waals surface area contributed by atoms with Gasteiger partial charge >= 0.3 is 0 Å². The Morgan fingerprint density at radius 2 is 1.84 bits per heavy atom. The van der Waals surface area contributed by atoms with Gasteiger partial charge in [0.25, 0.3) is 5.91 Å². The zero-order valence-corrected chi connectivity index (χ0v) is 14.7. The third-order valence-electron chi connectivity index (χ3n) is 4.82. The molecule has 3 N–H and O–H groups in total. The van der Waals surface area contributed by atoms with Gasteiger partial charge in [-0.1, -0.05) is 25.1 Å². The topological polar surface area (TPSA) is 71.2 Å². The van der Waals surface area contributed by atoms with Crippen LogP contribution in [0.5, 0.6) is 0 Å². The highest BCUT2D eigenvalue weighted by Crippen LogP contribution is 2.21. The fourth-order valence-corrected chi connectivity index (χ4v) is 3.02. The third kappa shape index (κ3) is 4.57. The van der Waals surface area contributed by atoms with Gasteiger partial charge < -0.3 is 16.0 Å². The minimum Gasteiger partial charge on any atom is -0.357 e. The number of piperidine rings is 1. The van der Waals surface area contributed by atoms with E-state index in [1.54, 1.807) is 12.1 Å². The van der Waals surface area contributed by atoms with Crippen molar-refractivity contribution in [3.05, 3.63) is 59.3 Å². The maximum absolute atomic E-state index is 12.2. The lowest BCUT2D eigenvalue weighted by Gasteiger charge is -2.31. The van der Waals surface area contributed by atoms with Crippen molar-refractivity contribution in [3.63, 3.8) is 0 Å². The molecule has 25 heavy (non-hydrogen) atoms. The maximum Gasteiger partial charge on any atom is 0.251 e. The van der Waals surface area contributed by atoms with E-state index in [1.165, 1.54) is 12.8 Å². The highest BCUT2D eigenvalue weighted by molar-refractivity contribution is 5.94. The summed E-state index contributed by atoms with van der Waals surface area (Å²) in [5.74, 6) is 1.75. The highest BCUT2D eigenvalue weighted by atomic mass is 16.1. The van der Waals surface area contributed by atoms with Gasteiger partial charge in [0.2, 0.25) is 0 Å². The second-order valence-corrected chi connectivity index (χ2v) is 6.78. The van der Waals surface area contributed by atoms with Crippen LogP contribution in [-0.2, 0) is 13.1 Å². The van der Waals surface area contributed by atoms with Crippen LogP contribution in [0.2, 0.25) is 0 Å². The summed E-state index contributed by atoms with van der Waals surface area (Å²) in [5, 5.41) is 2.93. The molecule has 1 amide bonds. The number of amides is 1.